The first-order valence-corrected chi connectivity index (χ1v) is 17.6. The van der Waals surface area contributed by atoms with Gasteiger partial charge in [-0.2, -0.15) is 15.8 Å². The van der Waals surface area contributed by atoms with Gasteiger partial charge in [-0.15, -0.1) is 0 Å². The van der Waals surface area contributed by atoms with E-state index >= 15 is 0 Å². The SMILES string of the molecule is C=C/C=C\C(=C(/C)CC1C=C(c2ccc(-n3c(CCC#N)c(C)c4ccc(C#N)cc43)cc2)C=CC1C#N)n1c2c(c3ccccc31)C=CCC2. The van der Waals surface area contributed by atoms with Crippen LogP contribution in [0.25, 0.3) is 44.8 Å². The fourth-order valence-corrected chi connectivity index (χ4v) is 7.87. The Balaban J connectivity index is 1.26. The smallest absolute Gasteiger partial charge is 0.0992 e. The van der Waals surface area contributed by atoms with Crippen LogP contribution in [0.1, 0.15) is 59.8 Å². The maximum Gasteiger partial charge on any atom is 0.0992 e. The van der Waals surface area contributed by atoms with Crippen molar-refractivity contribution in [1.29, 1.82) is 15.8 Å². The predicted octanol–water partition coefficient (Wildman–Crippen LogP) is 11.0. The van der Waals surface area contributed by atoms with Crippen LogP contribution in [-0.4, -0.2) is 9.13 Å². The van der Waals surface area contributed by atoms with Crippen molar-refractivity contribution in [2.45, 2.75) is 46.0 Å². The van der Waals surface area contributed by atoms with Crippen molar-refractivity contribution >= 4 is 39.2 Å². The number of fused-ring (bicyclic) bond motifs is 4. The molecule has 0 spiro atoms. The average Bonchev–Trinajstić information content (AvgIpc) is 3.65. The number of rotatable bonds is 9. The molecular formula is C46H39N5. The zero-order chi connectivity index (χ0) is 35.5. The van der Waals surface area contributed by atoms with Crippen LogP contribution in [0.3, 0.4) is 0 Å². The lowest BCUT2D eigenvalue weighted by Crippen LogP contribution is -2.14. The van der Waals surface area contributed by atoms with Gasteiger partial charge in [-0.1, -0.05) is 85.5 Å². The molecule has 2 unspecified atom stereocenters. The van der Waals surface area contributed by atoms with E-state index in [9.17, 15) is 15.8 Å². The number of hydrogen-bond donors (Lipinski definition) is 0. The minimum atomic E-state index is -0.239. The first-order valence-electron chi connectivity index (χ1n) is 17.6. The highest BCUT2D eigenvalue weighted by molar-refractivity contribution is 5.95. The fourth-order valence-electron chi connectivity index (χ4n) is 7.87. The predicted molar refractivity (Wildman–Crippen MR) is 209 cm³/mol. The summed E-state index contributed by atoms with van der Waals surface area (Å²) in [5.41, 5.74) is 13.1. The van der Waals surface area contributed by atoms with Crippen LogP contribution in [0.4, 0.5) is 0 Å². The maximum atomic E-state index is 10.2. The molecule has 0 bridgehead atoms. The molecule has 0 aliphatic heterocycles. The molecule has 2 aromatic heterocycles. The summed E-state index contributed by atoms with van der Waals surface area (Å²) in [5, 5.41) is 31.6. The van der Waals surface area contributed by atoms with Crippen molar-refractivity contribution in [3.63, 3.8) is 0 Å². The maximum absolute atomic E-state index is 10.2. The highest BCUT2D eigenvalue weighted by atomic mass is 15.0. The Hall–Kier alpha value is -6.35. The second-order valence-electron chi connectivity index (χ2n) is 13.4. The van der Waals surface area contributed by atoms with Crippen LogP contribution in [0.2, 0.25) is 0 Å². The molecule has 0 radical (unpaired) electrons. The summed E-state index contributed by atoms with van der Waals surface area (Å²) in [6.07, 6.45) is 20.7. The van der Waals surface area contributed by atoms with Crippen LogP contribution in [0, 0.1) is 52.8 Å². The van der Waals surface area contributed by atoms with E-state index in [0.29, 0.717) is 18.4 Å². The third-order valence-corrected chi connectivity index (χ3v) is 10.4. The second kappa shape index (κ2) is 14.2. The van der Waals surface area contributed by atoms with Gasteiger partial charge in [-0.25, -0.2) is 0 Å². The van der Waals surface area contributed by atoms with Crippen molar-refractivity contribution in [3.05, 3.63) is 155 Å². The van der Waals surface area contributed by atoms with E-state index in [1.807, 2.05) is 36.4 Å². The monoisotopic (exact) mass is 661 g/mol. The molecular weight excluding hydrogens is 623 g/mol. The molecule has 248 valence electrons. The Bertz CT molecular complexity index is 2470. The van der Waals surface area contributed by atoms with Gasteiger partial charge in [0.25, 0.3) is 0 Å². The molecule has 3 aromatic carbocycles. The molecule has 0 N–H and O–H groups in total. The molecule has 0 fully saturated rings. The highest BCUT2D eigenvalue weighted by Gasteiger charge is 2.25. The Labute approximate surface area is 300 Å². The summed E-state index contributed by atoms with van der Waals surface area (Å²) in [6.45, 7) is 8.25. The van der Waals surface area contributed by atoms with Gasteiger partial charge >= 0.3 is 0 Å². The summed E-state index contributed by atoms with van der Waals surface area (Å²) in [6, 6.07) is 30.0. The summed E-state index contributed by atoms with van der Waals surface area (Å²) in [5.74, 6) is -0.241. The highest BCUT2D eigenvalue weighted by Crippen LogP contribution is 2.38. The molecule has 5 nitrogen and oxygen atoms in total. The van der Waals surface area contributed by atoms with Crippen LogP contribution in [0.5, 0.6) is 0 Å². The van der Waals surface area contributed by atoms with Crippen molar-refractivity contribution in [2.75, 3.05) is 0 Å². The number of nitrogens with zero attached hydrogens (tertiary/aromatic N) is 5. The topological polar surface area (TPSA) is 81.2 Å². The molecule has 0 amide bonds. The Morgan fingerprint density at radius 3 is 2.57 bits per heavy atom. The summed E-state index contributed by atoms with van der Waals surface area (Å²) < 4.78 is 4.61. The van der Waals surface area contributed by atoms with Gasteiger partial charge in [0, 0.05) is 57.9 Å². The van der Waals surface area contributed by atoms with Crippen molar-refractivity contribution < 1.29 is 0 Å². The summed E-state index contributed by atoms with van der Waals surface area (Å²) in [4.78, 5) is 0. The van der Waals surface area contributed by atoms with E-state index in [-0.39, 0.29) is 11.8 Å². The molecule has 2 heterocycles. The van der Waals surface area contributed by atoms with E-state index < -0.39 is 0 Å². The van der Waals surface area contributed by atoms with Crippen LogP contribution in [0.15, 0.2) is 121 Å². The van der Waals surface area contributed by atoms with Gasteiger partial charge in [0.2, 0.25) is 0 Å². The lowest BCUT2D eigenvalue weighted by molar-refractivity contribution is 0.556. The average molecular weight is 662 g/mol. The molecule has 2 atom stereocenters. The number of para-hydroxylation sites is 1. The number of aromatic nitrogens is 2. The zero-order valence-corrected chi connectivity index (χ0v) is 29.1. The lowest BCUT2D eigenvalue weighted by atomic mass is 9.81. The zero-order valence-electron chi connectivity index (χ0n) is 29.1. The Kier molecular flexibility index (Phi) is 9.26. The van der Waals surface area contributed by atoms with Crippen LogP contribution in [-0.2, 0) is 12.8 Å². The normalized spacial score (nSPS) is 17.1. The fraction of sp³-hybridized carbons (Fsp3) is 0.196. The summed E-state index contributed by atoms with van der Waals surface area (Å²) in [7, 11) is 0. The third-order valence-electron chi connectivity index (χ3n) is 10.4. The Morgan fingerprint density at radius 1 is 0.980 bits per heavy atom. The van der Waals surface area contributed by atoms with Crippen molar-refractivity contribution in [1.82, 2.24) is 9.13 Å². The van der Waals surface area contributed by atoms with E-state index in [1.54, 1.807) is 0 Å². The second-order valence-corrected chi connectivity index (χ2v) is 13.4. The number of hydrogen-bond acceptors (Lipinski definition) is 3. The Morgan fingerprint density at radius 2 is 1.80 bits per heavy atom. The van der Waals surface area contributed by atoms with Gasteiger partial charge in [0.1, 0.15) is 0 Å². The standard InChI is InChI=1S/C46H39N5/c1-4-5-13-42(51-44-14-8-6-11-40(44)41-12-7-9-15-45(41)51)31(2)26-37-28-35(18-19-36(37)30-49)34-20-22-38(23-21-34)50-43(16-10-25-47)32(3)39-24-17-33(29-48)27-46(39)50/h4-8,11-14,17-24,27-28,36-37H,1,9-10,15-16,26H2,2-3H3/b13-5-,42-31-. The first-order chi connectivity index (χ1) is 25.0. The number of aryl methyl sites for hydroxylation is 1. The lowest BCUT2D eigenvalue weighted by Gasteiger charge is -2.24. The van der Waals surface area contributed by atoms with Crippen molar-refractivity contribution in [2.24, 2.45) is 11.8 Å². The molecule has 0 saturated carbocycles. The van der Waals surface area contributed by atoms with Crippen molar-refractivity contribution in [3.8, 4) is 23.9 Å². The quantitative estimate of drug-likeness (QED) is 0.147. The molecule has 51 heavy (non-hydrogen) atoms. The van der Waals surface area contributed by atoms with E-state index in [1.165, 1.54) is 27.7 Å². The first kappa shape index (κ1) is 33.2. The molecule has 2 aliphatic rings. The number of nitriles is 3. The largest absolute Gasteiger partial charge is 0.313 e. The minimum Gasteiger partial charge on any atom is -0.313 e. The number of benzene rings is 3. The molecule has 5 aromatic rings. The van der Waals surface area contributed by atoms with Crippen LogP contribution < -0.4 is 0 Å². The van der Waals surface area contributed by atoms with Gasteiger partial charge in [0.05, 0.1) is 40.7 Å². The molecule has 0 saturated heterocycles. The van der Waals surface area contributed by atoms with E-state index in [0.717, 1.165) is 63.9 Å². The van der Waals surface area contributed by atoms with Gasteiger partial charge in [-0.3, -0.25) is 0 Å². The molecule has 5 heteroatoms. The van der Waals surface area contributed by atoms with Gasteiger partial charge in [-0.05, 0) is 91.8 Å². The molecule has 7 rings (SSSR count). The van der Waals surface area contributed by atoms with E-state index in [4.69, 9.17) is 0 Å². The minimum absolute atomic E-state index is 0.00242. The van der Waals surface area contributed by atoms with Gasteiger partial charge < -0.3 is 9.13 Å². The van der Waals surface area contributed by atoms with Gasteiger partial charge in [0.15, 0.2) is 0 Å². The molecule has 2 aliphatic carbocycles. The number of allylic oxidation sites excluding steroid dienone is 10. The van der Waals surface area contributed by atoms with E-state index in [2.05, 4.69) is 127 Å². The summed E-state index contributed by atoms with van der Waals surface area (Å²) >= 11 is 0. The van der Waals surface area contributed by atoms with Crippen LogP contribution >= 0.6 is 0 Å². The third kappa shape index (κ3) is 6.07.